The lowest BCUT2D eigenvalue weighted by Crippen LogP contribution is -2.36. The van der Waals surface area contributed by atoms with Crippen molar-refractivity contribution in [1.29, 1.82) is 0 Å². The minimum atomic E-state index is -3.39. The zero-order valence-electron chi connectivity index (χ0n) is 8.25. The lowest BCUT2D eigenvalue weighted by molar-refractivity contribution is -0.120. The first-order valence-corrected chi connectivity index (χ1v) is 6.58. The van der Waals surface area contributed by atoms with E-state index >= 15 is 0 Å². The molecule has 1 saturated heterocycles. The van der Waals surface area contributed by atoms with Crippen LogP contribution in [0.5, 0.6) is 0 Å². The van der Waals surface area contributed by atoms with Gasteiger partial charge in [0.15, 0.2) is 0 Å². The second-order valence-corrected chi connectivity index (χ2v) is 5.46. The molecule has 0 aromatic carbocycles. The quantitative estimate of drug-likeness (QED) is 0.669. The molecular formula is C8H16N2O3S. The van der Waals surface area contributed by atoms with Crippen LogP contribution < -0.4 is 10.0 Å². The fraction of sp³-hybridized carbons (Fsp3) is 0.875. The van der Waals surface area contributed by atoms with Gasteiger partial charge in [0, 0.05) is 6.42 Å². The molecule has 0 aliphatic carbocycles. The fourth-order valence-electron chi connectivity index (χ4n) is 1.61. The highest BCUT2D eigenvalue weighted by Gasteiger charge is 2.18. The minimum Gasteiger partial charge on any atom is -0.316 e. The number of carbonyl (C=O) groups excluding carboxylic acids is 1. The van der Waals surface area contributed by atoms with Crippen LogP contribution in [-0.2, 0) is 14.8 Å². The molecule has 14 heavy (non-hydrogen) atoms. The number of hydrogen-bond donors (Lipinski definition) is 2. The van der Waals surface area contributed by atoms with E-state index in [2.05, 4.69) is 5.32 Å². The summed E-state index contributed by atoms with van der Waals surface area (Å²) in [5, 5.41) is 3.17. The van der Waals surface area contributed by atoms with E-state index < -0.39 is 15.9 Å². The number of amides is 1. The molecule has 5 nitrogen and oxygen atoms in total. The number of piperidine rings is 1. The van der Waals surface area contributed by atoms with Gasteiger partial charge in [-0.25, -0.2) is 8.42 Å². The van der Waals surface area contributed by atoms with Crippen molar-refractivity contribution in [3.05, 3.63) is 0 Å². The first-order valence-electron chi connectivity index (χ1n) is 4.69. The monoisotopic (exact) mass is 220 g/mol. The molecule has 0 saturated carbocycles. The average molecular weight is 220 g/mol. The van der Waals surface area contributed by atoms with Crippen molar-refractivity contribution in [2.75, 3.05) is 19.3 Å². The van der Waals surface area contributed by atoms with Crippen LogP contribution in [0.25, 0.3) is 0 Å². The van der Waals surface area contributed by atoms with Crippen LogP contribution in [0.15, 0.2) is 0 Å². The number of sulfonamides is 1. The normalized spacial score (nSPS) is 23.1. The standard InChI is InChI=1S/C8H16N2O3S/c1-14(12,13)10-8(11)5-7-3-2-4-9-6-7/h7,9H,2-6H2,1H3,(H,10,11). The number of rotatable bonds is 3. The molecule has 1 aliphatic rings. The lowest BCUT2D eigenvalue weighted by atomic mass is 9.96. The van der Waals surface area contributed by atoms with E-state index in [1.165, 1.54) is 0 Å². The highest BCUT2D eigenvalue weighted by Crippen LogP contribution is 2.13. The molecule has 6 heteroatoms. The maximum Gasteiger partial charge on any atom is 0.233 e. The van der Waals surface area contributed by atoms with Crippen molar-refractivity contribution < 1.29 is 13.2 Å². The van der Waals surface area contributed by atoms with Crippen LogP contribution in [0, 0.1) is 5.92 Å². The van der Waals surface area contributed by atoms with Crippen molar-refractivity contribution >= 4 is 15.9 Å². The Morgan fingerprint density at radius 3 is 2.79 bits per heavy atom. The zero-order valence-corrected chi connectivity index (χ0v) is 9.06. The summed E-state index contributed by atoms with van der Waals surface area (Å²) in [7, 11) is -3.39. The molecule has 2 N–H and O–H groups in total. The molecule has 1 aliphatic heterocycles. The molecule has 0 aromatic heterocycles. The summed E-state index contributed by atoms with van der Waals surface area (Å²) >= 11 is 0. The van der Waals surface area contributed by atoms with Gasteiger partial charge in [-0.2, -0.15) is 0 Å². The summed E-state index contributed by atoms with van der Waals surface area (Å²) in [6, 6.07) is 0. The Bertz CT molecular complexity index is 294. The minimum absolute atomic E-state index is 0.269. The van der Waals surface area contributed by atoms with Gasteiger partial charge in [-0.3, -0.25) is 9.52 Å². The molecule has 1 fully saturated rings. The first-order chi connectivity index (χ1) is 6.47. The average Bonchev–Trinajstić information content (AvgIpc) is 2.02. The summed E-state index contributed by atoms with van der Waals surface area (Å²) < 4.78 is 23.4. The van der Waals surface area contributed by atoms with E-state index in [4.69, 9.17) is 0 Å². The number of nitrogens with one attached hydrogen (secondary N) is 2. The van der Waals surface area contributed by atoms with Crippen LogP contribution in [0.1, 0.15) is 19.3 Å². The number of hydrogen-bond acceptors (Lipinski definition) is 4. The summed E-state index contributed by atoms with van der Waals surface area (Å²) in [6.45, 7) is 1.79. The third-order valence-corrected chi connectivity index (χ3v) is 2.77. The molecule has 1 rings (SSSR count). The summed E-state index contributed by atoms with van der Waals surface area (Å²) in [6.07, 6.45) is 3.32. The summed E-state index contributed by atoms with van der Waals surface area (Å²) in [5.74, 6) is -0.133. The van der Waals surface area contributed by atoms with Gasteiger partial charge < -0.3 is 5.32 Å². The Balaban J connectivity index is 2.32. The van der Waals surface area contributed by atoms with Gasteiger partial charge >= 0.3 is 0 Å². The van der Waals surface area contributed by atoms with Gasteiger partial charge in [-0.1, -0.05) is 0 Å². The van der Waals surface area contributed by atoms with Crippen LogP contribution >= 0.6 is 0 Å². The summed E-state index contributed by atoms with van der Waals surface area (Å²) in [5.41, 5.74) is 0. The van der Waals surface area contributed by atoms with Crippen molar-refractivity contribution in [1.82, 2.24) is 10.0 Å². The molecule has 0 bridgehead atoms. The Morgan fingerprint density at radius 1 is 1.57 bits per heavy atom. The Morgan fingerprint density at radius 2 is 2.29 bits per heavy atom. The Labute approximate surface area is 84.3 Å². The van der Waals surface area contributed by atoms with Crippen LogP contribution in [0.3, 0.4) is 0 Å². The highest BCUT2D eigenvalue weighted by atomic mass is 32.2. The maximum absolute atomic E-state index is 11.2. The third-order valence-electron chi connectivity index (χ3n) is 2.17. The molecule has 0 radical (unpaired) electrons. The van der Waals surface area contributed by atoms with Crippen LogP contribution in [-0.4, -0.2) is 33.7 Å². The van der Waals surface area contributed by atoms with E-state index in [-0.39, 0.29) is 5.92 Å². The smallest absolute Gasteiger partial charge is 0.233 e. The van der Waals surface area contributed by atoms with E-state index in [0.29, 0.717) is 6.42 Å². The van der Waals surface area contributed by atoms with Gasteiger partial charge in [0.2, 0.25) is 15.9 Å². The topological polar surface area (TPSA) is 75.3 Å². The SMILES string of the molecule is CS(=O)(=O)NC(=O)CC1CCCNC1. The van der Waals surface area contributed by atoms with Crippen LogP contribution in [0.2, 0.25) is 0 Å². The molecule has 1 unspecified atom stereocenters. The maximum atomic E-state index is 11.2. The van der Waals surface area contributed by atoms with Gasteiger partial charge in [-0.05, 0) is 31.8 Å². The second kappa shape index (κ2) is 4.75. The van der Waals surface area contributed by atoms with E-state index in [0.717, 1.165) is 32.2 Å². The Hall–Kier alpha value is -0.620. The summed E-state index contributed by atoms with van der Waals surface area (Å²) in [4.78, 5) is 11.2. The zero-order chi connectivity index (χ0) is 10.6. The van der Waals surface area contributed by atoms with Gasteiger partial charge in [0.1, 0.15) is 0 Å². The van der Waals surface area contributed by atoms with Crippen molar-refractivity contribution in [3.63, 3.8) is 0 Å². The molecule has 0 aromatic rings. The second-order valence-electron chi connectivity index (χ2n) is 3.71. The third kappa shape index (κ3) is 4.57. The van der Waals surface area contributed by atoms with E-state index in [1.807, 2.05) is 4.72 Å². The largest absolute Gasteiger partial charge is 0.316 e. The van der Waals surface area contributed by atoms with Gasteiger partial charge in [0.25, 0.3) is 0 Å². The molecule has 0 spiro atoms. The van der Waals surface area contributed by atoms with Crippen molar-refractivity contribution in [3.8, 4) is 0 Å². The predicted octanol–water partition coefficient (Wildman–Crippen LogP) is -0.548. The molecule has 1 amide bonds. The molecule has 82 valence electrons. The van der Waals surface area contributed by atoms with Crippen molar-refractivity contribution in [2.45, 2.75) is 19.3 Å². The van der Waals surface area contributed by atoms with Gasteiger partial charge in [-0.15, -0.1) is 0 Å². The van der Waals surface area contributed by atoms with E-state index in [9.17, 15) is 13.2 Å². The lowest BCUT2D eigenvalue weighted by Gasteiger charge is -2.21. The molecule has 1 heterocycles. The van der Waals surface area contributed by atoms with Gasteiger partial charge in [0.05, 0.1) is 6.26 Å². The predicted molar refractivity (Wildman–Crippen MR) is 53.2 cm³/mol. The molecular weight excluding hydrogens is 204 g/mol. The fourth-order valence-corrected chi connectivity index (χ4v) is 2.11. The van der Waals surface area contributed by atoms with E-state index in [1.54, 1.807) is 0 Å². The van der Waals surface area contributed by atoms with Crippen molar-refractivity contribution in [2.24, 2.45) is 5.92 Å². The first kappa shape index (κ1) is 11.5. The Kier molecular flexibility index (Phi) is 3.88. The van der Waals surface area contributed by atoms with Crippen LogP contribution in [0.4, 0.5) is 0 Å². The highest BCUT2D eigenvalue weighted by molar-refractivity contribution is 7.89. The molecule has 1 atom stereocenters. The number of carbonyl (C=O) groups is 1.